The molecule has 0 heterocycles. The quantitative estimate of drug-likeness (QED) is 0.485. The largest absolute Gasteiger partial charge is 2.00 e. The fourth-order valence-corrected chi connectivity index (χ4v) is 0.431. The van der Waals surface area contributed by atoms with Crippen molar-refractivity contribution >= 4 is 0 Å². The average Bonchev–Trinajstić information content (AvgIpc) is 2.03. The predicted molar refractivity (Wildman–Crippen MR) is 70.3 cm³/mol. The molecule has 5 heteroatoms. The first-order chi connectivity index (χ1) is 6.86. The molecule has 0 N–H and O–H groups in total. The molecule has 0 aliphatic rings. The van der Waals surface area contributed by atoms with Crippen molar-refractivity contribution in [3.8, 4) is 0 Å². The fraction of sp³-hybridized carbons (Fsp3) is 0.400. The maximum Gasteiger partial charge on any atom is 2.00 e. The molecule has 0 atom stereocenters. The summed E-state index contributed by atoms with van der Waals surface area (Å²) in [7, 11) is 0. The summed E-state index contributed by atoms with van der Waals surface area (Å²) < 4.78 is 0. The van der Waals surface area contributed by atoms with Crippen LogP contribution < -0.4 is 0 Å². The van der Waals surface area contributed by atoms with E-state index in [1.165, 1.54) is 11.8 Å². The normalized spacial score (nSPS) is 6.60. The summed E-state index contributed by atoms with van der Waals surface area (Å²) in [6, 6.07) is 10.5. The van der Waals surface area contributed by atoms with Crippen LogP contribution in [0.3, 0.4) is 0 Å². The van der Waals surface area contributed by atoms with Crippen molar-refractivity contribution in [3.05, 3.63) is 54.7 Å². The van der Waals surface area contributed by atoms with E-state index in [2.05, 4.69) is 54.5 Å². The summed E-state index contributed by atoms with van der Waals surface area (Å²) in [5.74, 6) is 2.83. The standard InChI is InChI=1S/C7H6.2C4H9.5V/c1-7-5-3-2-4-6-7;2*1-4(2)3;;;;;/h2-3,5-6H,1H2;2*1-3H3;;;;;/q-2;2*-1;;;;2*+2. The van der Waals surface area contributed by atoms with E-state index in [0.29, 0.717) is 0 Å². The Hall–Kier alpha value is 2.01. The second kappa shape index (κ2) is 32.8. The second-order valence-corrected chi connectivity index (χ2v) is 4.41. The second-order valence-electron chi connectivity index (χ2n) is 4.41. The van der Waals surface area contributed by atoms with Crippen LogP contribution in [0.4, 0.5) is 0 Å². The van der Waals surface area contributed by atoms with Crippen LogP contribution in [0.5, 0.6) is 0 Å². The van der Waals surface area contributed by atoms with Gasteiger partial charge < -0.3 is 17.4 Å². The van der Waals surface area contributed by atoms with Crippen LogP contribution in [0.2, 0.25) is 0 Å². The molecule has 0 bridgehead atoms. The van der Waals surface area contributed by atoms with Crippen LogP contribution >= 0.6 is 0 Å². The summed E-state index contributed by atoms with van der Waals surface area (Å²) in [6.07, 6.45) is 0. The molecule has 0 nitrogen and oxygen atoms in total. The van der Waals surface area contributed by atoms with Gasteiger partial charge in [0.05, 0.1) is 0 Å². The van der Waals surface area contributed by atoms with E-state index in [4.69, 9.17) is 0 Å². The van der Waals surface area contributed by atoms with Crippen LogP contribution in [0.1, 0.15) is 47.1 Å². The molecule has 0 saturated carbocycles. The number of benzene rings is 1. The summed E-state index contributed by atoms with van der Waals surface area (Å²) in [6.45, 7) is 16.2. The number of rotatable bonds is 0. The first kappa shape index (κ1) is 43.1. The Kier molecular flexibility index (Phi) is 70.8. The minimum absolute atomic E-state index is 0. The van der Waals surface area contributed by atoms with Gasteiger partial charge in [0.25, 0.3) is 0 Å². The van der Waals surface area contributed by atoms with Gasteiger partial charge in [-0.3, -0.25) is 25.1 Å². The fourth-order valence-electron chi connectivity index (χ4n) is 0.431. The van der Waals surface area contributed by atoms with Crippen molar-refractivity contribution in [1.82, 2.24) is 0 Å². The van der Waals surface area contributed by atoms with Gasteiger partial charge in [-0.05, 0) is 0 Å². The molecule has 0 amide bonds. The Balaban J connectivity index is -0.0000000237. The molecule has 0 spiro atoms. The summed E-state index contributed by atoms with van der Waals surface area (Å²) >= 11 is 0. The maximum atomic E-state index is 3.69. The first-order valence-electron chi connectivity index (χ1n) is 5.17. The molecule has 0 saturated heterocycles. The van der Waals surface area contributed by atoms with Crippen molar-refractivity contribution in [3.63, 3.8) is 0 Å². The molecule has 1 aromatic carbocycles. The van der Waals surface area contributed by atoms with Gasteiger partial charge in [-0.1, -0.05) is 0 Å². The van der Waals surface area contributed by atoms with E-state index in [-0.39, 0.29) is 92.8 Å². The van der Waals surface area contributed by atoms with Crippen molar-refractivity contribution < 1.29 is 92.8 Å². The van der Waals surface area contributed by atoms with Crippen LogP contribution in [0.25, 0.3) is 0 Å². The zero-order chi connectivity index (χ0) is 12.3. The van der Waals surface area contributed by atoms with Gasteiger partial charge in [0.15, 0.2) is 0 Å². The minimum atomic E-state index is 0. The van der Waals surface area contributed by atoms with Gasteiger partial charge in [-0.15, -0.1) is 0 Å². The minimum Gasteiger partial charge on any atom is -0.323 e. The summed E-state index contributed by atoms with van der Waals surface area (Å²) in [5.41, 5.74) is 1.02. The van der Waals surface area contributed by atoms with Crippen molar-refractivity contribution in [1.29, 1.82) is 0 Å². The zero-order valence-electron chi connectivity index (χ0n) is 13.3. The molecule has 5 radical (unpaired) electrons. The molecular weight excluding hydrogens is 435 g/mol. The van der Waals surface area contributed by atoms with Gasteiger partial charge >= 0.3 is 37.1 Å². The van der Waals surface area contributed by atoms with Crippen molar-refractivity contribution in [2.45, 2.75) is 41.5 Å². The van der Waals surface area contributed by atoms with E-state index < -0.39 is 0 Å². The first-order valence-corrected chi connectivity index (χ1v) is 5.17. The SMILES string of the molecule is C[C-](C)C.C[C-](C)C.[CH2-]c1c[c-]ccc1.[V+2].[V+2].[V].[V].[V]. The third-order valence-electron chi connectivity index (χ3n) is 0.771. The summed E-state index contributed by atoms with van der Waals surface area (Å²) in [4.78, 5) is 0. The molecule has 109 valence electrons. The molecule has 0 aliphatic carbocycles. The average molecular weight is 459 g/mol. The molecule has 0 unspecified atom stereocenters. The zero-order valence-corrected chi connectivity index (χ0v) is 20.2. The number of hydrogen-bond donors (Lipinski definition) is 0. The van der Waals surface area contributed by atoms with Gasteiger partial charge in [-0.25, -0.2) is 12.1 Å². The monoisotopic (exact) mass is 459 g/mol. The third-order valence-corrected chi connectivity index (χ3v) is 0.771. The van der Waals surface area contributed by atoms with E-state index >= 15 is 0 Å². The molecular formula is C15H24V5. The van der Waals surface area contributed by atoms with Crippen LogP contribution in [-0.2, 0) is 92.8 Å². The van der Waals surface area contributed by atoms with Gasteiger partial charge in [0, 0.05) is 55.7 Å². The van der Waals surface area contributed by atoms with Crippen molar-refractivity contribution in [2.24, 2.45) is 0 Å². The number of hydrogen-bond acceptors (Lipinski definition) is 0. The van der Waals surface area contributed by atoms with E-state index in [9.17, 15) is 0 Å². The van der Waals surface area contributed by atoms with E-state index in [1.807, 2.05) is 24.3 Å². The van der Waals surface area contributed by atoms with Crippen LogP contribution in [0, 0.1) is 24.8 Å². The molecule has 1 rings (SSSR count). The van der Waals surface area contributed by atoms with Gasteiger partial charge in [0.2, 0.25) is 0 Å². The Morgan fingerprint density at radius 2 is 1.15 bits per heavy atom. The topological polar surface area (TPSA) is 0 Å². The van der Waals surface area contributed by atoms with Gasteiger partial charge in [0.1, 0.15) is 0 Å². The van der Waals surface area contributed by atoms with Crippen molar-refractivity contribution in [2.75, 3.05) is 0 Å². The smallest absolute Gasteiger partial charge is 0.323 e. The van der Waals surface area contributed by atoms with E-state index in [1.54, 1.807) is 0 Å². The predicted octanol–water partition coefficient (Wildman–Crippen LogP) is 4.90. The van der Waals surface area contributed by atoms with Gasteiger partial charge in [-0.2, -0.15) is 41.5 Å². The summed E-state index contributed by atoms with van der Waals surface area (Å²) in [5, 5.41) is 0. The molecule has 0 fully saturated rings. The Bertz CT molecular complexity index is 201. The molecule has 1 aromatic rings. The molecule has 0 aliphatic heterocycles. The van der Waals surface area contributed by atoms with E-state index in [0.717, 1.165) is 5.56 Å². The van der Waals surface area contributed by atoms with Crippen LogP contribution in [-0.4, -0.2) is 0 Å². The molecule has 20 heavy (non-hydrogen) atoms. The van der Waals surface area contributed by atoms with Crippen LogP contribution in [0.15, 0.2) is 24.3 Å². The Morgan fingerprint density at radius 1 is 0.850 bits per heavy atom. The maximum absolute atomic E-state index is 3.69. The Morgan fingerprint density at radius 3 is 1.25 bits per heavy atom. The third kappa shape index (κ3) is 72.2. The Labute approximate surface area is 187 Å². The molecule has 0 aromatic heterocycles.